The molecular weight excluding hydrogens is 663 g/mol. The number of ether oxygens (including phenoxy) is 3. The predicted octanol–water partition coefficient (Wildman–Crippen LogP) is 3.89. The second kappa shape index (κ2) is 10.8. The maximum atomic E-state index is 13.8. The standard InChI is InChI=1S/C25H22BrIN2O6S/c1-5-35-24(32)20-12(2)28-25-29(21(20)16-11-15(33-3)6-7-18(16)34-4)23(31)19(36-25)9-13-8-14(26)10-17(27)22(13)30/h6-11,21,30H,5H2,1-4H3/b19-9+/t21-/m1/s1. The van der Waals surface area contributed by atoms with Gasteiger partial charge in [-0.15, -0.1) is 0 Å². The Kier molecular flexibility index (Phi) is 7.90. The van der Waals surface area contributed by atoms with Crippen molar-refractivity contribution in [2.45, 2.75) is 19.9 Å². The Hall–Kier alpha value is -2.64. The lowest BCUT2D eigenvalue weighted by Crippen LogP contribution is -2.40. The van der Waals surface area contributed by atoms with Crippen LogP contribution in [0.15, 0.2) is 55.9 Å². The van der Waals surface area contributed by atoms with Gasteiger partial charge in [-0.2, -0.15) is 0 Å². The fourth-order valence-electron chi connectivity index (χ4n) is 3.98. The zero-order valence-electron chi connectivity index (χ0n) is 19.8. The van der Waals surface area contributed by atoms with Crippen LogP contribution in [-0.4, -0.2) is 36.5 Å². The van der Waals surface area contributed by atoms with Gasteiger partial charge in [-0.1, -0.05) is 27.3 Å². The summed E-state index contributed by atoms with van der Waals surface area (Å²) < 4.78 is 19.6. The summed E-state index contributed by atoms with van der Waals surface area (Å²) in [4.78, 5) is 31.9. The van der Waals surface area contributed by atoms with E-state index in [0.29, 0.717) is 41.2 Å². The Morgan fingerprint density at radius 1 is 1.28 bits per heavy atom. The third-order valence-corrected chi connectivity index (χ3v) is 7.86. The molecule has 0 fully saturated rings. The molecule has 1 atom stereocenters. The molecule has 2 aromatic carbocycles. The minimum Gasteiger partial charge on any atom is -0.506 e. The molecule has 2 heterocycles. The summed E-state index contributed by atoms with van der Waals surface area (Å²) in [5, 5.41) is 10.6. The SMILES string of the molecule is CCOC(=O)C1=C(C)N=c2s/c(=C/c3cc(Br)cc(I)c3O)c(=O)n2[C@@H]1c1cc(OC)ccc1OC. The molecule has 0 amide bonds. The fourth-order valence-corrected chi connectivity index (χ4v) is 6.56. The Balaban J connectivity index is 2.04. The van der Waals surface area contributed by atoms with Crippen molar-refractivity contribution >= 4 is 61.9 Å². The van der Waals surface area contributed by atoms with Crippen LogP contribution in [0.3, 0.4) is 0 Å². The molecule has 0 bridgehead atoms. The second-order valence-electron chi connectivity index (χ2n) is 7.74. The molecule has 0 spiro atoms. The third kappa shape index (κ3) is 4.83. The number of rotatable bonds is 6. The number of hydrogen-bond acceptors (Lipinski definition) is 8. The van der Waals surface area contributed by atoms with Crippen molar-refractivity contribution < 1.29 is 24.1 Å². The van der Waals surface area contributed by atoms with Gasteiger partial charge in [0.2, 0.25) is 0 Å². The summed E-state index contributed by atoms with van der Waals surface area (Å²) in [6.45, 7) is 3.60. The number of benzene rings is 2. The van der Waals surface area contributed by atoms with E-state index in [1.54, 1.807) is 50.3 Å². The molecule has 4 rings (SSSR count). The van der Waals surface area contributed by atoms with Crippen LogP contribution < -0.4 is 24.4 Å². The summed E-state index contributed by atoms with van der Waals surface area (Å²) in [6.07, 6.45) is 1.62. The third-order valence-electron chi connectivity index (χ3n) is 5.59. The second-order valence-corrected chi connectivity index (χ2v) is 10.8. The number of carbonyl (C=O) groups is 1. The number of phenolic OH excluding ortho intramolecular Hbond substituents is 1. The van der Waals surface area contributed by atoms with Crippen LogP contribution >= 0.6 is 49.9 Å². The zero-order valence-corrected chi connectivity index (χ0v) is 24.4. The molecule has 3 aromatic rings. The van der Waals surface area contributed by atoms with Gasteiger partial charge in [-0.05, 0) is 72.8 Å². The highest BCUT2D eigenvalue weighted by Crippen LogP contribution is 2.38. The molecule has 0 radical (unpaired) electrons. The number of fused-ring (bicyclic) bond motifs is 1. The summed E-state index contributed by atoms with van der Waals surface area (Å²) in [5.74, 6) is 0.520. The number of allylic oxidation sites excluding steroid dienone is 1. The maximum Gasteiger partial charge on any atom is 0.338 e. The maximum absolute atomic E-state index is 13.8. The fraction of sp³-hybridized carbons (Fsp3) is 0.240. The summed E-state index contributed by atoms with van der Waals surface area (Å²) in [5.41, 5.74) is 1.35. The number of methoxy groups -OCH3 is 2. The molecule has 188 valence electrons. The molecule has 0 saturated carbocycles. The molecule has 1 N–H and O–H groups in total. The van der Waals surface area contributed by atoms with E-state index in [4.69, 9.17) is 14.2 Å². The average Bonchev–Trinajstić information content (AvgIpc) is 3.15. The van der Waals surface area contributed by atoms with Gasteiger partial charge in [0.25, 0.3) is 5.56 Å². The number of thiazole rings is 1. The largest absolute Gasteiger partial charge is 0.506 e. The van der Waals surface area contributed by atoms with Crippen LogP contribution in [0, 0.1) is 3.57 Å². The van der Waals surface area contributed by atoms with E-state index < -0.39 is 12.0 Å². The van der Waals surface area contributed by atoms with E-state index >= 15 is 0 Å². The van der Waals surface area contributed by atoms with Gasteiger partial charge in [-0.25, -0.2) is 9.79 Å². The summed E-state index contributed by atoms with van der Waals surface area (Å²) >= 11 is 6.63. The van der Waals surface area contributed by atoms with Crippen molar-refractivity contribution in [3.8, 4) is 17.2 Å². The lowest BCUT2D eigenvalue weighted by Gasteiger charge is -2.26. The molecule has 36 heavy (non-hydrogen) atoms. The van der Waals surface area contributed by atoms with Gasteiger partial charge in [0.1, 0.15) is 23.3 Å². The molecule has 0 unspecified atom stereocenters. The van der Waals surface area contributed by atoms with Gasteiger partial charge in [0.15, 0.2) is 4.80 Å². The first kappa shape index (κ1) is 26.4. The molecule has 1 aliphatic rings. The first-order valence-electron chi connectivity index (χ1n) is 10.8. The topological polar surface area (TPSA) is 99.4 Å². The van der Waals surface area contributed by atoms with Crippen molar-refractivity contribution in [2.24, 2.45) is 4.99 Å². The van der Waals surface area contributed by atoms with Crippen LogP contribution in [0.5, 0.6) is 17.2 Å². The molecule has 1 aliphatic heterocycles. The Morgan fingerprint density at radius 2 is 2.03 bits per heavy atom. The monoisotopic (exact) mass is 684 g/mol. The highest BCUT2D eigenvalue weighted by Gasteiger charge is 2.35. The van der Waals surface area contributed by atoms with E-state index in [1.807, 2.05) is 22.6 Å². The summed E-state index contributed by atoms with van der Waals surface area (Å²) in [7, 11) is 3.06. The molecular formula is C25H22BrIN2O6S. The molecule has 0 saturated heterocycles. The van der Waals surface area contributed by atoms with Crippen molar-refractivity contribution in [2.75, 3.05) is 20.8 Å². The highest BCUT2D eigenvalue weighted by molar-refractivity contribution is 14.1. The van der Waals surface area contributed by atoms with Gasteiger partial charge in [-0.3, -0.25) is 9.36 Å². The van der Waals surface area contributed by atoms with Crippen LogP contribution in [-0.2, 0) is 9.53 Å². The lowest BCUT2D eigenvalue weighted by atomic mass is 9.94. The number of aromatic hydroxyl groups is 1. The minimum atomic E-state index is -0.858. The van der Waals surface area contributed by atoms with Gasteiger partial charge in [0, 0.05) is 15.6 Å². The Labute approximate surface area is 232 Å². The van der Waals surface area contributed by atoms with Gasteiger partial charge >= 0.3 is 5.97 Å². The van der Waals surface area contributed by atoms with Crippen LogP contribution in [0.25, 0.3) is 6.08 Å². The molecule has 11 heteroatoms. The van der Waals surface area contributed by atoms with E-state index in [1.165, 1.54) is 30.1 Å². The van der Waals surface area contributed by atoms with Gasteiger partial charge in [0.05, 0.1) is 40.2 Å². The van der Waals surface area contributed by atoms with Crippen molar-refractivity contribution in [3.63, 3.8) is 0 Å². The van der Waals surface area contributed by atoms with Crippen molar-refractivity contribution in [3.05, 3.63) is 80.5 Å². The van der Waals surface area contributed by atoms with E-state index in [0.717, 1.165) is 4.47 Å². The number of nitrogens with zero attached hydrogens (tertiary/aromatic N) is 2. The van der Waals surface area contributed by atoms with Crippen molar-refractivity contribution in [1.82, 2.24) is 4.57 Å². The van der Waals surface area contributed by atoms with Crippen LogP contribution in [0.1, 0.15) is 31.0 Å². The average molecular weight is 685 g/mol. The highest BCUT2D eigenvalue weighted by atomic mass is 127. The Bertz CT molecular complexity index is 1580. The normalized spacial score (nSPS) is 15.4. The number of hydrogen-bond donors (Lipinski definition) is 1. The van der Waals surface area contributed by atoms with Gasteiger partial charge < -0.3 is 19.3 Å². The number of carbonyl (C=O) groups excluding carboxylic acids is 1. The zero-order chi connectivity index (χ0) is 26.1. The van der Waals surface area contributed by atoms with Crippen LogP contribution in [0.4, 0.5) is 0 Å². The number of esters is 1. The molecule has 0 aliphatic carbocycles. The smallest absolute Gasteiger partial charge is 0.338 e. The first-order chi connectivity index (χ1) is 17.2. The predicted molar refractivity (Wildman–Crippen MR) is 148 cm³/mol. The number of aromatic nitrogens is 1. The van der Waals surface area contributed by atoms with E-state index in [9.17, 15) is 14.7 Å². The molecule has 1 aromatic heterocycles. The summed E-state index contributed by atoms with van der Waals surface area (Å²) in [6, 6.07) is 7.85. The quantitative estimate of drug-likeness (QED) is 0.313. The minimum absolute atomic E-state index is 0.0686. The number of halogens is 2. The Morgan fingerprint density at radius 3 is 2.69 bits per heavy atom. The van der Waals surface area contributed by atoms with E-state index in [2.05, 4.69) is 20.9 Å². The van der Waals surface area contributed by atoms with E-state index in [-0.39, 0.29) is 23.5 Å². The number of phenols is 1. The van der Waals surface area contributed by atoms with Crippen LogP contribution in [0.2, 0.25) is 0 Å². The lowest BCUT2D eigenvalue weighted by molar-refractivity contribution is -0.139. The van der Waals surface area contributed by atoms with Crippen molar-refractivity contribution in [1.29, 1.82) is 0 Å². The first-order valence-corrected chi connectivity index (χ1v) is 13.5. The molecule has 8 nitrogen and oxygen atoms in total.